The van der Waals surface area contributed by atoms with Crippen LogP contribution in [0.3, 0.4) is 0 Å². The zero-order valence-electron chi connectivity index (χ0n) is 32.6. The maximum Gasteiger partial charge on any atom is 0.311 e. The Balaban J connectivity index is 2.10. The number of carbonyl (C=O) groups is 1. The van der Waals surface area contributed by atoms with Crippen LogP contribution in [0.2, 0.25) is 0 Å². The molecule has 3 aliphatic heterocycles. The number of rotatable bonds is 7. The van der Waals surface area contributed by atoms with Gasteiger partial charge in [-0.25, -0.2) is 0 Å². The van der Waals surface area contributed by atoms with Gasteiger partial charge in [-0.05, 0) is 101 Å². The number of hydrogen-bond acceptors (Lipinski definition) is 12. The first kappa shape index (κ1) is 42.5. The number of methoxy groups -OCH3 is 1. The first-order valence-corrected chi connectivity index (χ1v) is 18.5. The molecule has 4 N–H and O–H groups in total. The van der Waals surface area contributed by atoms with Gasteiger partial charge in [0, 0.05) is 38.0 Å². The fraction of sp³-hybridized carbons (Fsp3) is 0.973. The van der Waals surface area contributed by atoms with E-state index in [0.29, 0.717) is 32.2 Å². The van der Waals surface area contributed by atoms with Gasteiger partial charge >= 0.3 is 5.97 Å². The molecule has 0 aromatic heterocycles. The normalized spacial score (nSPS) is 48.4. The highest BCUT2D eigenvalue weighted by atomic mass is 16.7. The predicted molar refractivity (Wildman–Crippen MR) is 187 cm³/mol. The van der Waals surface area contributed by atoms with Gasteiger partial charge < -0.3 is 54.0 Å². The topological polar surface area (TPSA) is 148 Å². The number of aliphatic hydroxyl groups excluding tert-OH is 1. The van der Waals surface area contributed by atoms with Crippen LogP contribution in [0.15, 0.2) is 0 Å². The fourth-order valence-electron chi connectivity index (χ4n) is 8.37. The van der Waals surface area contributed by atoms with E-state index < -0.39 is 77.7 Å². The van der Waals surface area contributed by atoms with Crippen LogP contribution in [0, 0.1) is 17.8 Å². The Morgan fingerprint density at radius 1 is 0.918 bits per heavy atom. The number of aliphatic hydroxyl groups is 3. The van der Waals surface area contributed by atoms with Crippen LogP contribution in [-0.2, 0) is 33.2 Å². The van der Waals surface area contributed by atoms with E-state index in [1.54, 1.807) is 34.8 Å². The zero-order chi connectivity index (χ0) is 37.1. The number of nitrogens with zero attached hydrogens (tertiary/aromatic N) is 1. The molecule has 3 saturated heterocycles. The molecule has 0 aromatic rings. The number of esters is 1. The van der Waals surface area contributed by atoms with E-state index in [-0.39, 0.29) is 30.5 Å². The lowest BCUT2D eigenvalue weighted by molar-refractivity contribution is -0.308. The number of cyclic esters (lactones) is 1. The summed E-state index contributed by atoms with van der Waals surface area (Å²) in [5.74, 6) is -1.88. The average Bonchev–Trinajstić information content (AvgIpc) is 3.00. The summed E-state index contributed by atoms with van der Waals surface area (Å²) in [6.07, 6.45) is -2.53. The molecule has 0 aromatic carbocycles. The van der Waals surface area contributed by atoms with Crippen molar-refractivity contribution in [3.63, 3.8) is 0 Å². The van der Waals surface area contributed by atoms with E-state index >= 15 is 0 Å². The Hall–Kier alpha value is -0.930. The van der Waals surface area contributed by atoms with Crippen molar-refractivity contribution in [3.8, 4) is 0 Å². The Bertz CT molecular complexity index is 1040. The highest BCUT2D eigenvalue weighted by Crippen LogP contribution is 2.39. The summed E-state index contributed by atoms with van der Waals surface area (Å²) in [5.41, 5.74) is -3.59. The van der Waals surface area contributed by atoms with Gasteiger partial charge in [0.25, 0.3) is 0 Å². The lowest BCUT2D eigenvalue weighted by atomic mass is 9.78. The van der Waals surface area contributed by atoms with Gasteiger partial charge in [0.1, 0.15) is 12.2 Å². The van der Waals surface area contributed by atoms with E-state index in [9.17, 15) is 20.1 Å². The molecular formula is C37H70N2O10. The van der Waals surface area contributed by atoms with Gasteiger partial charge in [0.15, 0.2) is 12.6 Å². The number of carbonyl (C=O) groups excluding carboxylic acids is 1. The van der Waals surface area contributed by atoms with Crippen molar-refractivity contribution in [1.29, 1.82) is 0 Å². The second-order valence-electron chi connectivity index (χ2n) is 16.6. The lowest BCUT2D eigenvalue weighted by Crippen LogP contribution is -2.59. The molecule has 3 rings (SSSR count). The van der Waals surface area contributed by atoms with Crippen LogP contribution in [-0.4, -0.2) is 132 Å². The van der Waals surface area contributed by atoms with Crippen molar-refractivity contribution in [3.05, 3.63) is 0 Å². The molecule has 3 heterocycles. The van der Waals surface area contributed by atoms with Crippen molar-refractivity contribution in [2.75, 3.05) is 27.7 Å². The summed E-state index contributed by atoms with van der Waals surface area (Å²) in [4.78, 5) is 16.3. The Morgan fingerprint density at radius 3 is 2.16 bits per heavy atom. The third-order valence-electron chi connectivity index (χ3n) is 11.4. The van der Waals surface area contributed by atoms with Gasteiger partial charge in [0.2, 0.25) is 0 Å². The number of hydrogen-bond donors (Lipinski definition) is 4. The lowest BCUT2D eigenvalue weighted by Gasteiger charge is -2.48. The molecule has 3 aliphatic rings. The molecule has 49 heavy (non-hydrogen) atoms. The van der Waals surface area contributed by atoms with Crippen LogP contribution in [0.1, 0.15) is 108 Å². The van der Waals surface area contributed by atoms with Crippen molar-refractivity contribution in [2.45, 2.75) is 186 Å². The summed E-state index contributed by atoms with van der Waals surface area (Å²) < 4.78 is 37.9. The van der Waals surface area contributed by atoms with Gasteiger partial charge in [-0.15, -0.1) is 0 Å². The molecule has 12 nitrogen and oxygen atoms in total. The molecule has 16 atom stereocenters. The Labute approximate surface area is 295 Å². The summed E-state index contributed by atoms with van der Waals surface area (Å²) in [6, 6.07) is 0.128. The van der Waals surface area contributed by atoms with Crippen LogP contribution >= 0.6 is 0 Å². The largest absolute Gasteiger partial charge is 0.459 e. The molecule has 9 unspecified atom stereocenters. The molecule has 0 bridgehead atoms. The van der Waals surface area contributed by atoms with Crippen molar-refractivity contribution in [2.24, 2.45) is 17.8 Å². The van der Waals surface area contributed by atoms with E-state index in [1.807, 2.05) is 48.7 Å². The van der Waals surface area contributed by atoms with Gasteiger partial charge in [-0.3, -0.25) is 4.79 Å². The van der Waals surface area contributed by atoms with Crippen molar-refractivity contribution < 1.29 is 48.5 Å². The Morgan fingerprint density at radius 2 is 1.57 bits per heavy atom. The minimum atomic E-state index is -1.38. The summed E-state index contributed by atoms with van der Waals surface area (Å²) in [6.45, 7) is 19.4. The quantitative estimate of drug-likeness (QED) is 0.287. The average molecular weight is 703 g/mol. The maximum atomic E-state index is 14.1. The first-order valence-electron chi connectivity index (χ1n) is 18.5. The minimum Gasteiger partial charge on any atom is -0.459 e. The van der Waals surface area contributed by atoms with Crippen LogP contribution in [0.4, 0.5) is 0 Å². The monoisotopic (exact) mass is 703 g/mol. The molecule has 288 valence electrons. The van der Waals surface area contributed by atoms with Gasteiger partial charge in [-0.2, -0.15) is 0 Å². The third-order valence-corrected chi connectivity index (χ3v) is 11.4. The number of nitrogens with one attached hydrogen (secondary N) is 1. The molecule has 0 radical (unpaired) electrons. The van der Waals surface area contributed by atoms with Crippen LogP contribution in [0.25, 0.3) is 0 Å². The molecule has 0 amide bonds. The molecule has 12 heteroatoms. The molecule has 3 fully saturated rings. The summed E-state index contributed by atoms with van der Waals surface area (Å²) >= 11 is 0. The van der Waals surface area contributed by atoms with Crippen LogP contribution < -0.4 is 5.32 Å². The van der Waals surface area contributed by atoms with E-state index in [0.717, 1.165) is 6.42 Å². The van der Waals surface area contributed by atoms with Crippen molar-refractivity contribution in [1.82, 2.24) is 10.2 Å². The predicted octanol–water partition coefficient (Wildman–Crippen LogP) is 3.62. The van der Waals surface area contributed by atoms with Gasteiger partial charge in [-0.1, -0.05) is 20.8 Å². The fourth-order valence-corrected chi connectivity index (χ4v) is 8.37. The van der Waals surface area contributed by atoms with E-state index in [4.69, 9.17) is 28.4 Å². The summed E-state index contributed by atoms with van der Waals surface area (Å²) in [7, 11) is 5.64. The SMILES string of the molecule is CCC1OC(=O)C(C)C(OC2C[C@@](C)(OC)C(O)[C@H](C)O2)C(C)[C@@H](OC2CC(N(C)C)CC(C)O2)[C@@](C)(O)C[C@@H](C)NC[C@H](C)C[C@@]1(C)O. The highest BCUT2D eigenvalue weighted by molar-refractivity contribution is 5.73. The second kappa shape index (κ2) is 17.3. The molecular weight excluding hydrogens is 632 g/mol. The smallest absolute Gasteiger partial charge is 0.311 e. The summed E-state index contributed by atoms with van der Waals surface area (Å²) in [5, 5.41) is 38.4. The standard InChI is InChI=1S/C37H70N2O10/c1-14-28-35(8,42)17-21(2)20-38-22(3)18-36(9,43)33(49-29-16-27(39(11)12)15-23(4)45-29)24(5)31(25(6)34(41)47-28)48-30-19-37(10,44-13)32(40)26(7)46-30/h21-33,38,40,42-43H,14-20H2,1-13H3/t21-,22-,23?,24?,25?,26+,27?,28?,29?,30?,31?,32?,33-,35-,36+,37-/m1/s1. The first-order chi connectivity index (χ1) is 22.6. The molecule has 0 aliphatic carbocycles. The maximum absolute atomic E-state index is 14.1. The van der Waals surface area contributed by atoms with Crippen LogP contribution in [0.5, 0.6) is 0 Å². The van der Waals surface area contributed by atoms with E-state index in [1.165, 1.54) is 0 Å². The highest BCUT2D eigenvalue weighted by Gasteiger charge is 2.51. The number of ether oxygens (including phenoxy) is 6. The molecule has 0 spiro atoms. The second-order valence-corrected chi connectivity index (χ2v) is 16.6. The molecule has 0 saturated carbocycles. The van der Waals surface area contributed by atoms with Crippen molar-refractivity contribution >= 4 is 5.97 Å². The minimum absolute atomic E-state index is 0.0502. The zero-order valence-corrected chi connectivity index (χ0v) is 32.6. The Kier molecular flexibility index (Phi) is 15.0. The van der Waals surface area contributed by atoms with E-state index in [2.05, 4.69) is 17.1 Å². The third kappa shape index (κ3) is 10.8. The van der Waals surface area contributed by atoms with Gasteiger partial charge in [0.05, 0.1) is 47.1 Å².